The number of hydrogen-bond donors (Lipinski definition) is 1. The summed E-state index contributed by atoms with van der Waals surface area (Å²) in [6.45, 7) is 13.7. The summed E-state index contributed by atoms with van der Waals surface area (Å²) in [5.41, 5.74) is 8.02. The SMILES string of the molecule is Cn1c(-c2ccncc2O)nc2c(-c3cc(-c4ccc([Si](C)(C)C)cn4)cc(C(C)(C)C)c3)cccc21. The first-order valence-corrected chi connectivity index (χ1v) is 16.1. The third-order valence-corrected chi connectivity index (χ3v) is 9.02. The predicted octanol–water partition coefficient (Wildman–Crippen LogP) is 6.91. The summed E-state index contributed by atoms with van der Waals surface area (Å²) in [4.78, 5) is 13.9. The Kier molecular flexibility index (Phi) is 6.03. The molecule has 0 aliphatic rings. The number of imidazole rings is 1. The van der Waals surface area contributed by atoms with Crippen LogP contribution in [0, 0.1) is 0 Å². The molecule has 0 spiro atoms. The van der Waals surface area contributed by atoms with Crippen LogP contribution >= 0.6 is 0 Å². The van der Waals surface area contributed by atoms with Gasteiger partial charge < -0.3 is 9.67 Å². The topological polar surface area (TPSA) is 63.8 Å². The van der Waals surface area contributed by atoms with E-state index in [0.717, 1.165) is 33.4 Å². The normalized spacial score (nSPS) is 12.3. The molecular formula is C31H34N4OSi. The molecule has 0 aliphatic heterocycles. The molecule has 188 valence electrons. The van der Waals surface area contributed by atoms with Crippen molar-refractivity contribution in [3.8, 4) is 39.5 Å². The zero-order chi connectivity index (χ0) is 26.5. The Bertz CT molecular complexity index is 1610. The summed E-state index contributed by atoms with van der Waals surface area (Å²) in [5, 5.41) is 11.8. The van der Waals surface area contributed by atoms with Gasteiger partial charge in [-0.05, 0) is 52.1 Å². The molecule has 3 heterocycles. The van der Waals surface area contributed by atoms with Gasteiger partial charge in [-0.25, -0.2) is 4.98 Å². The van der Waals surface area contributed by atoms with E-state index in [1.165, 1.54) is 16.9 Å². The number of aromatic nitrogens is 4. The van der Waals surface area contributed by atoms with E-state index in [0.29, 0.717) is 11.4 Å². The van der Waals surface area contributed by atoms with Crippen molar-refractivity contribution < 1.29 is 5.11 Å². The number of benzene rings is 2. The van der Waals surface area contributed by atoms with Crippen molar-refractivity contribution in [2.24, 2.45) is 7.05 Å². The van der Waals surface area contributed by atoms with Gasteiger partial charge in [0.25, 0.3) is 0 Å². The fraction of sp³-hybridized carbons (Fsp3) is 0.258. The van der Waals surface area contributed by atoms with Gasteiger partial charge in [-0.3, -0.25) is 9.97 Å². The van der Waals surface area contributed by atoms with Crippen LogP contribution in [0.1, 0.15) is 26.3 Å². The Labute approximate surface area is 219 Å². The van der Waals surface area contributed by atoms with Gasteiger partial charge in [0.2, 0.25) is 0 Å². The van der Waals surface area contributed by atoms with Crippen LogP contribution in [0.3, 0.4) is 0 Å². The molecular weight excluding hydrogens is 472 g/mol. The highest BCUT2D eigenvalue weighted by Gasteiger charge is 2.21. The van der Waals surface area contributed by atoms with Gasteiger partial charge in [0, 0.05) is 30.6 Å². The zero-order valence-corrected chi connectivity index (χ0v) is 23.7. The minimum atomic E-state index is -1.42. The lowest BCUT2D eigenvalue weighted by molar-refractivity contribution is 0.474. The van der Waals surface area contributed by atoms with Crippen LogP contribution in [0.25, 0.3) is 44.8 Å². The van der Waals surface area contributed by atoms with Gasteiger partial charge in [0.05, 0.1) is 36.6 Å². The molecule has 0 radical (unpaired) electrons. The highest BCUT2D eigenvalue weighted by Crippen LogP contribution is 2.37. The standard InChI is InChI=1S/C31H34N4OSi/c1-31(2,3)22-16-20(15-21(17-22)26-12-11-23(18-33-26)37(5,6)7)24-9-8-10-27-29(24)34-30(35(27)4)25-13-14-32-19-28(25)36/h8-19,36H,1-7H3. The van der Waals surface area contributed by atoms with E-state index >= 15 is 0 Å². The smallest absolute Gasteiger partial charge is 0.144 e. The van der Waals surface area contributed by atoms with Crippen molar-refractivity contribution in [2.75, 3.05) is 0 Å². The van der Waals surface area contributed by atoms with Crippen LogP contribution in [0.4, 0.5) is 0 Å². The molecule has 1 N–H and O–H groups in total. The molecule has 0 unspecified atom stereocenters. The van der Waals surface area contributed by atoms with Gasteiger partial charge in [-0.1, -0.05) is 64.7 Å². The van der Waals surface area contributed by atoms with Crippen LogP contribution < -0.4 is 5.19 Å². The van der Waals surface area contributed by atoms with Crippen LogP contribution in [0.15, 0.2) is 73.2 Å². The number of pyridine rings is 2. The quantitative estimate of drug-likeness (QED) is 0.269. The minimum Gasteiger partial charge on any atom is -0.506 e. The second-order valence-corrected chi connectivity index (χ2v) is 16.9. The summed E-state index contributed by atoms with van der Waals surface area (Å²) in [6, 6.07) is 19.2. The molecule has 0 atom stereocenters. The molecule has 37 heavy (non-hydrogen) atoms. The van der Waals surface area contributed by atoms with Crippen LogP contribution in [-0.4, -0.2) is 32.7 Å². The number of nitrogens with zero attached hydrogens (tertiary/aromatic N) is 4. The molecule has 2 aromatic carbocycles. The zero-order valence-electron chi connectivity index (χ0n) is 22.7. The summed E-state index contributed by atoms with van der Waals surface area (Å²) in [5.74, 6) is 0.825. The predicted molar refractivity (Wildman–Crippen MR) is 156 cm³/mol. The Morgan fingerprint density at radius 1 is 0.865 bits per heavy atom. The van der Waals surface area contributed by atoms with E-state index in [4.69, 9.17) is 9.97 Å². The average molecular weight is 507 g/mol. The number of rotatable bonds is 4. The lowest BCUT2D eigenvalue weighted by atomic mass is 9.83. The number of aryl methyl sites for hydroxylation is 1. The molecule has 0 aliphatic carbocycles. The first-order chi connectivity index (χ1) is 17.4. The molecule has 0 saturated carbocycles. The Balaban J connectivity index is 1.71. The second kappa shape index (κ2) is 8.96. The van der Waals surface area contributed by atoms with Crippen LogP contribution in [-0.2, 0) is 12.5 Å². The van der Waals surface area contributed by atoms with Crippen molar-refractivity contribution in [2.45, 2.75) is 45.8 Å². The summed E-state index contributed by atoms with van der Waals surface area (Å²) >= 11 is 0. The average Bonchev–Trinajstić information content (AvgIpc) is 3.19. The van der Waals surface area contributed by atoms with E-state index in [-0.39, 0.29) is 11.2 Å². The fourth-order valence-electron chi connectivity index (χ4n) is 4.64. The number of hydrogen-bond acceptors (Lipinski definition) is 4. The van der Waals surface area contributed by atoms with Crippen molar-refractivity contribution in [3.05, 3.63) is 78.8 Å². The van der Waals surface area contributed by atoms with Crippen LogP contribution in [0.5, 0.6) is 5.75 Å². The highest BCUT2D eigenvalue weighted by atomic mass is 28.3. The van der Waals surface area contributed by atoms with E-state index in [2.05, 4.69) is 100 Å². The molecule has 5 nitrogen and oxygen atoms in total. The monoisotopic (exact) mass is 506 g/mol. The van der Waals surface area contributed by atoms with Gasteiger partial charge in [-0.2, -0.15) is 0 Å². The van der Waals surface area contributed by atoms with Crippen LogP contribution in [0.2, 0.25) is 19.6 Å². The third-order valence-electron chi connectivity index (χ3n) is 6.99. The van der Waals surface area contributed by atoms with Crippen molar-refractivity contribution >= 4 is 24.3 Å². The maximum Gasteiger partial charge on any atom is 0.144 e. The van der Waals surface area contributed by atoms with E-state index in [1.54, 1.807) is 12.3 Å². The number of aromatic hydroxyl groups is 1. The van der Waals surface area contributed by atoms with Crippen molar-refractivity contribution in [3.63, 3.8) is 0 Å². The van der Waals surface area contributed by atoms with Crippen molar-refractivity contribution in [1.82, 2.24) is 19.5 Å². The number of para-hydroxylation sites is 1. The minimum absolute atomic E-state index is 0.0327. The van der Waals surface area contributed by atoms with Gasteiger partial charge >= 0.3 is 0 Å². The molecule has 3 aromatic heterocycles. The maximum atomic E-state index is 10.4. The summed E-state index contributed by atoms with van der Waals surface area (Å²) in [7, 11) is 0.559. The first kappa shape index (κ1) is 24.9. The second-order valence-electron chi connectivity index (χ2n) is 11.8. The van der Waals surface area contributed by atoms with Gasteiger partial charge in [0.15, 0.2) is 0 Å². The lowest BCUT2D eigenvalue weighted by Gasteiger charge is -2.22. The maximum absolute atomic E-state index is 10.4. The molecule has 5 aromatic rings. The van der Waals surface area contributed by atoms with E-state index in [9.17, 15) is 5.11 Å². The Hall–Kier alpha value is -3.77. The largest absolute Gasteiger partial charge is 0.506 e. The van der Waals surface area contributed by atoms with E-state index in [1.807, 2.05) is 11.6 Å². The van der Waals surface area contributed by atoms with Crippen molar-refractivity contribution in [1.29, 1.82) is 0 Å². The highest BCUT2D eigenvalue weighted by molar-refractivity contribution is 6.88. The van der Waals surface area contributed by atoms with E-state index < -0.39 is 8.07 Å². The first-order valence-electron chi connectivity index (χ1n) is 12.6. The fourth-order valence-corrected chi connectivity index (χ4v) is 5.67. The summed E-state index contributed by atoms with van der Waals surface area (Å²) < 4.78 is 2.03. The molecule has 0 bridgehead atoms. The molecule has 0 fully saturated rings. The third kappa shape index (κ3) is 4.69. The lowest BCUT2D eigenvalue weighted by Crippen LogP contribution is -2.37. The van der Waals surface area contributed by atoms with Gasteiger partial charge in [0.1, 0.15) is 11.6 Å². The molecule has 0 saturated heterocycles. The molecule has 0 amide bonds. The molecule has 6 heteroatoms. The molecule has 5 rings (SSSR count). The number of fused-ring (bicyclic) bond motifs is 1. The Morgan fingerprint density at radius 2 is 1.62 bits per heavy atom. The summed E-state index contributed by atoms with van der Waals surface area (Å²) in [6.07, 6.45) is 5.18. The Morgan fingerprint density at radius 3 is 2.27 bits per heavy atom. The van der Waals surface area contributed by atoms with Gasteiger partial charge in [-0.15, -0.1) is 0 Å².